The summed E-state index contributed by atoms with van der Waals surface area (Å²) in [5.74, 6) is 2.65. The average molecular weight is 138 g/mol. The van der Waals surface area contributed by atoms with Crippen LogP contribution >= 0.6 is 0 Å². The highest BCUT2D eigenvalue weighted by Gasteiger charge is 2.21. The molecule has 1 saturated carbocycles. The predicted octanol–water partition coefficient (Wildman–Crippen LogP) is 3.24. The zero-order valence-electron chi connectivity index (χ0n) is 7.14. The van der Waals surface area contributed by atoms with E-state index in [1.54, 1.807) is 0 Å². The van der Waals surface area contributed by atoms with E-state index in [4.69, 9.17) is 0 Å². The summed E-state index contributed by atoms with van der Waals surface area (Å²) < 4.78 is 0. The lowest BCUT2D eigenvalue weighted by Crippen LogP contribution is -2.17. The minimum absolute atomic E-state index is 0.804. The van der Waals surface area contributed by atoms with Crippen molar-refractivity contribution in [2.24, 2.45) is 17.8 Å². The Morgan fingerprint density at radius 3 is 2.00 bits per heavy atom. The fourth-order valence-corrected chi connectivity index (χ4v) is 2.20. The molecule has 0 nitrogen and oxygen atoms in total. The van der Waals surface area contributed by atoms with Crippen LogP contribution in [0, 0.1) is 17.8 Å². The Balaban J connectivity index is 2.42. The van der Waals surface area contributed by atoms with Crippen molar-refractivity contribution in [2.45, 2.75) is 33.1 Å². The van der Waals surface area contributed by atoms with Crippen LogP contribution in [0.5, 0.6) is 0 Å². The Morgan fingerprint density at radius 1 is 1.10 bits per heavy atom. The second-order valence-electron chi connectivity index (χ2n) is 3.91. The molecule has 0 saturated heterocycles. The molecule has 0 heteroatoms. The topological polar surface area (TPSA) is 0 Å². The molecular formula is C10H18. The van der Waals surface area contributed by atoms with Crippen LogP contribution in [0.15, 0.2) is 12.7 Å². The number of rotatable bonds is 1. The normalized spacial score (nSPS) is 41.2. The quantitative estimate of drug-likeness (QED) is 0.488. The van der Waals surface area contributed by atoms with Gasteiger partial charge in [0, 0.05) is 0 Å². The molecule has 0 N–H and O–H groups in total. The molecule has 0 amide bonds. The summed E-state index contributed by atoms with van der Waals surface area (Å²) in [5.41, 5.74) is 0. The Hall–Kier alpha value is -0.260. The van der Waals surface area contributed by atoms with Crippen LogP contribution in [-0.4, -0.2) is 0 Å². The minimum Gasteiger partial charge on any atom is -0.103 e. The van der Waals surface area contributed by atoms with E-state index < -0.39 is 0 Å². The molecule has 1 aliphatic rings. The van der Waals surface area contributed by atoms with Crippen molar-refractivity contribution < 1.29 is 0 Å². The van der Waals surface area contributed by atoms with Crippen LogP contribution in [-0.2, 0) is 0 Å². The van der Waals surface area contributed by atoms with E-state index in [9.17, 15) is 0 Å². The van der Waals surface area contributed by atoms with E-state index in [0.29, 0.717) is 0 Å². The van der Waals surface area contributed by atoms with Crippen molar-refractivity contribution in [1.29, 1.82) is 0 Å². The first-order valence-electron chi connectivity index (χ1n) is 4.35. The average Bonchev–Trinajstić information content (AvgIpc) is 1.85. The maximum atomic E-state index is 3.85. The van der Waals surface area contributed by atoms with Crippen LogP contribution in [0.2, 0.25) is 0 Å². The molecule has 58 valence electrons. The Morgan fingerprint density at radius 2 is 1.60 bits per heavy atom. The highest BCUT2D eigenvalue weighted by Crippen LogP contribution is 2.32. The molecule has 0 aromatic carbocycles. The fourth-order valence-electron chi connectivity index (χ4n) is 2.20. The molecule has 2 unspecified atom stereocenters. The molecular weight excluding hydrogens is 120 g/mol. The van der Waals surface area contributed by atoms with Gasteiger partial charge in [0.1, 0.15) is 0 Å². The second kappa shape index (κ2) is 3.23. The minimum atomic E-state index is 0.804. The van der Waals surface area contributed by atoms with Crippen molar-refractivity contribution in [3.8, 4) is 0 Å². The molecule has 10 heavy (non-hydrogen) atoms. The third-order valence-corrected chi connectivity index (χ3v) is 2.55. The molecule has 0 spiro atoms. The van der Waals surface area contributed by atoms with Gasteiger partial charge < -0.3 is 0 Å². The molecule has 1 fully saturated rings. The van der Waals surface area contributed by atoms with Gasteiger partial charge in [-0.25, -0.2) is 0 Å². The molecule has 0 aromatic rings. The van der Waals surface area contributed by atoms with Crippen LogP contribution in [0.1, 0.15) is 33.1 Å². The summed E-state index contributed by atoms with van der Waals surface area (Å²) in [6.07, 6.45) is 6.29. The fraction of sp³-hybridized carbons (Fsp3) is 0.800. The van der Waals surface area contributed by atoms with Crippen LogP contribution < -0.4 is 0 Å². The molecule has 0 heterocycles. The third-order valence-electron chi connectivity index (χ3n) is 2.55. The smallest absolute Gasteiger partial charge is 0.0231 e. The summed E-state index contributed by atoms with van der Waals surface area (Å²) in [4.78, 5) is 0. The van der Waals surface area contributed by atoms with Crippen molar-refractivity contribution in [3.05, 3.63) is 12.7 Å². The lowest BCUT2D eigenvalue weighted by atomic mass is 9.77. The van der Waals surface area contributed by atoms with Crippen molar-refractivity contribution in [1.82, 2.24) is 0 Å². The van der Waals surface area contributed by atoms with Gasteiger partial charge in [-0.2, -0.15) is 0 Å². The summed E-state index contributed by atoms with van der Waals surface area (Å²) in [6, 6.07) is 0. The van der Waals surface area contributed by atoms with Gasteiger partial charge in [-0.3, -0.25) is 0 Å². The summed E-state index contributed by atoms with van der Waals surface area (Å²) in [6.45, 7) is 8.56. The van der Waals surface area contributed by atoms with E-state index in [2.05, 4.69) is 26.5 Å². The molecule has 1 rings (SSSR count). The van der Waals surface area contributed by atoms with Gasteiger partial charge in [-0.1, -0.05) is 19.9 Å². The first-order chi connectivity index (χ1) is 4.72. The van der Waals surface area contributed by atoms with Gasteiger partial charge in [0.2, 0.25) is 0 Å². The van der Waals surface area contributed by atoms with Gasteiger partial charge in [0.15, 0.2) is 0 Å². The Kier molecular flexibility index (Phi) is 2.53. The number of hydrogen-bond acceptors (Lipinski definition) is 0. The molecule has 0 radical (unpaired) electrons. The first-order valence-corrected chi connectivity index (χ1v) is 4.35. The van der Waals surface area contributed by atoms with Crippen LogP contribution in [0.4, 0.5) is 0 Å². The van der Waals surface area contributed by atoms with Crippen LogP contribution in [0.25, 0.3) is 0 Å². The Bertz CT molecular complexity index is 105. The van der Waals surface area contributed by atoms with E-state index in [0.717, 1.165) is 17.8 Å². The Labute approximate surface area is 64.3 Å². The predicted molar refractivity (Wildman–Crippen MR) is 45.9 cm³/mol. The van der Waals surface area contributed by atoms with Crippen molar-refractivity contribution >= 4 is 0 Å². The van der Waals surface area contributed by atoms with Gasteiger partial charge in [0.25, 0.3) is 0 Å². The molecule has 0 aliphatic heterocycles. The highest BCUT2D eigenvalue weighted by atomic mass is 14.3. The molecule has 0 aromatic heterocycles. The number of hydrogen-bond donors (Lipinski definition) is 0. The lowest BCUT2D eigenvalue weighted by molar-refractivity contribution is 0.252. The molecule has 2 atom stereocenters. The maximum Gasteiger partial charge on any atom is -0.0231 e. The van der Waals surface area contributed by atoms with Gasteiger partial charge in [-0.15, -0.1) is 6.58 Å². The zero-order valence-corrected chi connectivity index (χ0v) is 7.14. The third kappa shape index (κ3) is 1.86. The number of allylic oxidation sites excluding steroid dienone is 1. The lowest BCUT2D eigenvalue weighted by Gasteiger charge is -2.29. The van der Waals surface area contributed by atoms with Gasteiger partial charge in [-0.05, 0) is 37.0 Å². The largest absolute Gasteiger partial charge is 0.103 e. The standard InChI is InChI=1S/C10H18/c1-4-10-6-8(2)5-9(3)7-10/h4,8-10H,1,5-7H2,2-3H3. The molecule has 0 bridgehead atoms. The highest BCUT2D eigenvalue weighted by molar-refractivity contribution is 4.85. The summed E-state index contributed by atoms with van der Waals surface area (Å²) in [5, 5.41) is 0. The summed E-state index contributed by atoms with van der Waals surface area (Å²) in [7, 11) is 0. The monoisotopic (exact) mass is 138 g/mol. The van der Waals surface area contributed by atoms with Gasteiger partial charge in [0.05, 0.1) is 0 Å². The van der Waals surface area contributed by atoms with E-state index in [1.165, 1.54) is 19.3 Å². The van der Waals surface area contributed by atoms with E-state index in [-0.39, 0.29) is 0 Å². The molecule has 1 aliphatic carbocycles. The summed E-state index contributed by atoms with van der Waals surface area (Å²) >= 11 is 0. The van der Waals surface area contributed by atoms with Crippen LogP contribution in [0.3, 0.4) is 0 Å². The second-order valence-corrected chi connectivity index (χ2v) is 3.91. The van der Waals surface area contributed by atoms with Gasteiger partial charge >= 0.3 is 0 Å². The van der Waals surface area contributed by atoms with Crippen molar-refractivity contribution in [3.63, 3.8) is 0 Å². The maximum absolute atomic E-state index is 3.85. The first kappa shape index (κ1) is 7.84. The zero-order chi connectivity index (χ0) is 7.56. The van der Waals surface area contributed by atoms with E-state index >= 15 is 0 Å². The van der Waals surface area contributed by atoms with Crippen molar-refractivity contribution in [2.75, 3.05) is 0 Å². The SMILES string of the molecule is C=CC1CC(C)CC(C)C1. The van der Waals surface area contributed by atoms with E-state index in [1.807, 2.05) is 0 Å².